The van der Waals surface area contributed by atoms with Crippen molar-refractivity contribution in [3.8, 4) is 0 Å². The van der Waals surface area contributed by atoms with Crippen LogP contribution >= 0.6 is 22.6 Å². The van der Waals surface area contributed by atoms with E-state index in [-0.39, 0.29) is 0 Å². The average Bonchev–Trinajstić information content (AvgIpc) is 2.31. The van der Waals surface area contributed by atoms with Crippen molar-refractivity contribution in [2.45, 2.75) is 13.5 Å². The Morgan fingerprint density at radius 1 is 1.60 bits per heavy atom. The molecule has 0 unspecified atom stereocenters. The van der Waals surface area contributed by atoms with Crippen LogP contribution in [0.2, 0.25) is 0 Å². The van der Waals surface area contributed by atoms with Crippen molar-refractivity contribution in [2.24, 2.45) is 0 Å². The molecule has 1 rings (SSSR count). The maximum absolute atomic E-state index is 5.03. The Bertz CT molecular complexity index is 201. The summed E-state index contributed by atoms with van der Waals surface area (Å²) in [7, 11) is 0. The number of rotatable bonds is 3. The van der Waals surface area contributed by atoms with Gasteiger partial charge in [0, 0.05) is 29.2 Å². The first-order valence-electron chi connectivity index (χ1n) is 2.88. The molecule has 1 heterocycles. The number of hydrogen-bond acceptors (Lipinski definition) is 4. The van der Waals surface area contributed by atoms with Crippen LogP contribution in [0.3, 0.4) is 0 Å². The Kier molecular flexibility index (Phi) is 3.07. The summed E-state index contributed by atoms with van der Waals surface area (Å²) in [5.41, 5.74) is 0. The van der Waals surface area contributed by atoms with Crippen LogP contribution in [0.15, 0.2) is 4.42 Å². The fourth-order valence-electron chi connectivity index (χ4n) is 0.481. The molecular formula is C5H7IN2O2. The van der Waals surface area contributed by atoms with Crippen LogP contribution in [0, 0.1) is 3.90 Å². The van der Waals surface area contributed by atoms with Gasteiger partial charge in [0.1, 0.15) is 6.61 Å². The molecular weight excluding hydrogens is 247 g/mol. The number of ether oxygens (including phenoxy) is 1. The Balaban J connectivity index is 2.42. The molecule has 0 aromatic carbocycles. The predicted octanol–water partition coefficient (Wildman–Crippen LogP) is 1.21. The second kappa shape index (κ2) is 3.87. The molecule has 0 amide bonds. The summed E-state index contributed by atoms with van der Waals surface area (Å²) in [6.07, 6.45) is 0. The van der Waals surface area contributed by atoms with E-state index in [1.54, 1.807) is 0 Å². The summed E-state index contributed by atoms with van der Waals surface area (Å²) in [4.78, 5) is 0. The minimum atomic E-state index is 0.409. The van der Waals surface area contributed by atoms with Gasteiger partial charge >= 0.3 is 0 Å². The molecule has 4 nitrogen and oxygen atoms in total. The van der Waals surface area contributed by atoms with Crippen LogP contribution in [0.4, 0.5) is 0 Å². The number of nitrogens with zero attached hydrogens (tertiary/aromatic N) is 2. The van der Waals surface area contributed by atoms with Crippen molar-refractivity contribution in [3.05, 3.63) is 9.79 Å². The van der Waals surface area contributed by atoms with Crippen LogP contribution in [0.5, 0.6) is 0 Å². The lowest BCUT2D eigenvalue weighted by Crippen LogP contribution is -1.91. The first kappa shape index (κ1) is 7.93. The van der Waals surface area contributed by atoms with E-state index in [0.29, 0.717) is 23.0 Å². The van der Waals surface area contributed by atoms with E-state index in [9.17, 15) is 0 Å². The lowest BCUT2D eigenvalue weighted by molar-refractivity contribution is 0.113. The van der Waals surface area contributed by atoms with E-state index in [1.165, 1.54) is 0 Å². The molecule has 0 bridgehead atoms. The van der Waals surface area contributed by atoms with Crippen molar-refractivity contribution >= 4 is 22.6 Å². The zero-order valence-corrected chi connectivity index (χ0v) is 7.66. The standard InChI is InChI=1S/C5H7IN2O2/c1-2-9-3-4-7-8-5(6)10-4/h2-3H2,1H3. The topological polar surface area (TPSA) is 48.2 Å². The van der Waals surface area contributed by atoms with Crippen LogP contribution in [-0.2, 0) is 11.3 Å². The number of halogens is 1. The summed E-state index contributed by atoms with van der Waals surface area (Å²) >= 11 is 1.96. The summed E-state index contributed by atoms with van der Waals surface area (Å²) in [6.45, 7) is 2.99. The third-order valence-electron chi connectivity index (χ3n) is 0.872. The van der Waals surface area contributed by atoms with Gasteiger partial charge in [-0.15, -0.1) is 10.2 Å². The van der Waals surface area contributed by atoms with Crippen LogP contribution in [0.1, 0.15) is 12.8 Å². The second-order valence-corrected chi connectivity index (χ2v) is 2.51. The zero-order chi connectivity index (χ0) is 7.40. The summed E-state index contributed by atoms with van der Waals surface area (Å²) in [5.74, 6) is 0.534. The molecule has 0 saturated carbocycles. The highest BCUT2D eigenvalue weighted by Gasteiger charge is 2.00. The van der Waals surface area contributed by atoms with Gasteiger partial charge in [-0.25, -0.2) is 0 Å². The van der Waals surface area contributed by atoms with Gasteiger partial charge in [0.15, 0.2) is 0 Å². The number of aromatic nitrogens is 2. The van der Waals surface area contributed by atoms with Crippen LogP contribution < -0.4 is 0 Å². The Morgan fingerprint density at radius 3 is 2.90 bits per heavy atom. The molecule has 10 heavy (non-hydrogen) atoms. The van der Waals surface area contributed by atoms with E-state index >= 15 is 0 Å². The quantitative estimate of drug-likeness (QED) is 0.760. The van der Waals surface area contributed by atoms with Crippen LogP contribution in [0.25, 0.3) is 0 Å². The minimum absolute atomic E-state index is 0.409. The minimum Gasteiger partial charge on any atom is -0.414 e. The van der Waals surface area contributed by atoms with Gasteiger partial charge in [0.25, 0.3) is 3.90 Å². The van der Waals surface area contributed by atoms with E-state index in [4.69, 9.17) is 9.15 Å². The SMILES string of the molecule is CCOCc1nnc(I)o1. The summed E-state index contributed by atoms with van der Waals surface area (Å²) in [5, 5.41) is 7.36. The Labute approximate surface area is 72.1 Å². The first-order chi connectivity index (χ1) is 4.83. The molecule has 1 aromatic heterocycles. The van der Waals surface area contributed by atoms with Gasteiger partial charge < -0.3 is 9.15 Å². The summed E-state index contributed by atoms with van der Waals surface area (Å²) < 4.78 is 10.6. The van der Waals surface area contributed by atoms with E-state index in [2.05, 4.69) is 10.2 Å². The molecule has 0 spiro atoms. The van der Waals surface area contributed by atoms with Gasteiger partial charge in [0.05, 0.1) is 0 Å². The maximum atomic E-state index is 5.03. The molecule has 1 aromatic rings. The highest BCUT2D eigenvalue weighted by molar-refractivity contribution is 14.1. The normalized spacial score (nSPS) is 10.2. The Hall–Kier alpha value is -0.170. The monoisotopic (exact) mass is 254 g/mol. The van der Waals surface area contributed by atoms with E-state index in [1.807, 2.05) is 29.5 Å². The highest BCUT2D eigenvalue weighted by Crippen LogP contribution is 2.02. The second-order valence-electron chi connectivity index (χ2n) is 1.59. The lowest BCUT2D eigenvalue weighted by Gasteiger charge is -1.91. The predicted molar refractivity (Wildman–Crippen MR) is 42.3 cm³/mol. The van der Waals surface area contributed by atoms with E-state index < -0.39 is 0 Å². The van der Waals surface area contributed by atoms with E-state index in [0.717, 1.165) is 0 Å². The fourth-order valence-corrected chi connectivity index (χ4v) is 0.843. The summed E-state index contributed by atoms with van der Waals surface area (Å²) in [6, 6.07) is 0. The third kappa shape index (κ3) is 2.22. The molecule has 56 valence electrons. The van der Waals surface area contributed by atoms with Crippen molar-refractivity contribution in [1.82, 2.24) is 10.2 Å². The van der Waals surface area contributed by atoms with Crippen LogP contribution in [-0.4, -0.2) is 16.8 Å². The molecule has 0 N–H and O–H groups in total. The zero-order valence-electron chi connectivity index (χ0n) is 5.50. The maximum Gasteiger partial charge on any atom is 0.278 e. The van der Waals surface area contributed by atoms with Crippen molar-refractivity contribution < 1.29 is 9.15 Å². The molecule has 0 aliphatic heterocycles. The van der Waals surface area contributed by atoms with Gasteiger partial charge in [-0.1, -0.05) is 0 Å². The van der Waals surface area contributed by atoms with Gasteiger partial charge in [-0.05, 0) is 6.92 Å². The lowest BCUT2D eigenvalue weighted by atomic mass is 10.7. The van der Waals surface area contributed by atoms with Crippen molar-refractivity contribution in [3.63, 3.8) is 0 Å². The first-order valence-corrected chi connectivity index (χ1v) is 3.96. The third-order valence-corrected chi connectivity index (χ3v) is 1.31. The molecule has 0 fully saturated rings. The van der Waals surface area contributed by atoms with Gasteiger partial charge in [-0.3, -0.25) is 0 Å². The smallest absolute Gasteiger partial charge is 0.278 e. The average molecular weight is 254 g/mol. The van der Waals surface area contributed by atoms with Crippen molar-refractivity contribution in [1.29, 1.82) is 0 Å². The fraction of sp³-hybridized carbons (Fsp3) is 0.600. The molecule has 0 aliphatic rings. The van der Waals surface area contributed by atoms with Crippen molar-refractivity contribution in [2.75, 3.05) is 6.61 Å². The highest BCUT2D eigenvalue weighted by atomic mass is 127. The van der Waals surface area contributed by atoms with Gasteiger partial charge in [0.2, 0.25) is 5.89 Å². The largest absolute Gasteiger partial charge is 0.414 e. The molecule has 0 saturated heterocycles. The van der Waals surface area contributed by atoms with Gasteiger partial charge in [-0.2, -0.15) is 0 Å². The molecule has 0 radical (unpaired) electrons. The molecule has 0 atom stereocenters. The Morgan fingerprint density at radius 2 is 2.40 bits per heavy atom. The molecule has 0 aliphatic carbocycles. The molecule has 5 heteroatoms. The number of hydrogen-bond donors (Lipinski definition) is 0.